The highest BCUT2D eigenvalue weighted by Crippen LogP contribution is 2.09. The molecule has 0 aliphatic carbocycles. The minimum atomic E-state index is -1.05. The van der Waals surface area contributed by atoms with Gasteiger partial charge in [-0.1, -0.05) is 36.4 Å². The van der Waals surface area contributed by atoms with Crippen molar-refractivity contribution < 1.29 is 19.4 Å². The molecule has 0 radical (unpaired) electrons. The Labute approximate surface area is 131 Å². The van der Waals surface area contributed by atoms with Gasteiger partial charge < -0.3 is 15.2 Å². The number of nitrogens with one attached hydrogen (secondary N) is 1. The number of carbonyl (C=O) groups is 2. The molecule has 2 N–H and O–H groups in total. The van der Waals surface area contributed by atoms with Crippen LogP contribution in [0.1, 0.15) is 32.8 Å². The number of alkyl carbamates (subject to hydrolysis) is 1. The molecule has 0 fully saturated rings. The minimum absolute atomic E-state index is 0.397. The van der Waals surface area contributed by atoms with Crippen molar-refractivity contribution in [2.45, 2.75) is 45.3 Å². The summed E-state index contributed by atoms with van der Waals surface area (Å²) in [4.78, 5) is 22.5. The van der Waals surface area contributed by atoms with E-state index in [-0.39, 0.29) is 0 Å². The topological polar surface area (TPSA) is 75.6 Å². The van der Waals surface area contributed by atoms with Crippen LogP contribution in [0.3, 0.4) is 0 Å². The van der Waals surface area contributed by atoms with Gasteiger partial charge in [0.15, 0.2) is 0 Å². The van der Waals surface area contributed by atoms with Crippen LogP contribution in [0.15, 0.2) is 42.5 Å². The van der Waals surface area contributed by atoms with Gasteiger partial charge in [0, 0.05) is 6.08 Å². The van der Waals surface area contributed by atoms with Crippen LogP contribution in [-0.4, -0.2) is 28.8 Å². The van der Waals surface area contributed by atoms with Crippen molar-refractivity contribution in [3.05, 3.63) is 48.0 Å². The Bertz CT molecular complexity index is 517. The molecular weight excluding hydrogens is 282 g/mol. The zero-order valence-electron chi connectivity index (χ0n) is 13.2. The number of carbonyl (C=O) groups excluding carboxylic acids is 1. The number of carboxylic acids is 1. The first-order chi connectivity index (χ1) is 10.3. The Morgan fingerprint density at radius 3 is 2.45 bits per heavy atom. The number of carboxylic acid groups (broad SMARTS) is 1. The van der Waals surface area contributed by atoms with E-state index in [1.807, 2.05) is 30.3 Å². The molecule has 0 saturated heterocycles. The van der Waals surface area contributed by atoms with Gasteiger partial charge in [-0.15, -0.1) is 0 Å². The van der Waals surface area contributed by atoms with Crippen LogP contribution in [0.5, 0.6) is 0 Å². The fourth-order valence-corrected chi connectivity index (χ4v) is 1.84. The van der Waals surface area contributed by atoms with E-state index >= 15 is 0 Å². The van der Waals surface area contributed by atoms with E-state index in [0.29, 0.717) is 6.42 Å². The lowest BCUT2D eigenvalue weighted by atomic mass is 10.0. The van der Waals surface area contributed by atoms with Crippen LogP contribution in [0, 0.1) is 0 Å². The first-order valence-corrected chi connectivity index (χ1v) is 7.21. The fourth-order valence-electron chi connectivity index (χ4n) is 1.84. The number of benzene rings is 1. The van der Waals surface area contributed by atoms with Crippen molar-refractivity contribution in [3.63, 3.8) is 0 Å². The highest BCUT2D eigenvalue weighted by Gasteiger charge is 2.18. The van der Waals surface area contributed by atoms with Crippen molar-refractivity contribution in [2.75, 3.05) is 0 Å². The third kappa shape index (κ3) is 8.09. The molecule has 0 bridgehead atoms. The fraction of sp³-hybridized carbons (Fsp3) is 0.412. The SMILES string of the molecule is CC(C)(C)OC(=O)NC(/C=C/C(=O)O)CCc1ccccc1. The van der Waals surface area contributed by atoms with Crippen molar-refractivity contribution in [1.82, 2.24) is 5.32 Å². The number of ether oxygens (including phenoxy) is 1. The van der Waals surface area contributed by atoms with Crippen LogP contribution in [0.4, 0.5) is 4.79 Å². The molecular formula is C17H23NO4. The van der Waals surface area contributed by atoms with Gasteiger partial charge in [0.05, 0.1) is 6.04 Å². The molecule has 5 heteroatoms. The Morgan fingerprint density at radius 1 is 1.27 bits per heavy atom. The number of hydrogen-bond donors (Lipinski definition) is 2. The number of aliphatic carboxylic acids is 1. The summed E-state index contributed by atoms with van der Waals surface area (Å²) in [5.41, 5.74) is 0.534. The Morgan fingerprint density at radius 2 is 1.91 bits per heavy atom. The van der Waals surface area contributed by atoms with E-state index in [0.717, 1.165) is 18.1 Å². The van der Waals surface area contributed by atoms with Crippen molar-refractivity contribution >= 4 is 12.1 Å². The van der Waals surface area contributed by atoms with E-state index in [1.165, 1.54) is 6.08 Å². The number of hydrogen-bond acceptors (Lipinski definition) is 3. The second kappa shape index (κ2) is 8.22. The summed E-state index contributed by atoms with van der Waals surface area (Å²) in [7, 11) is 0. The minimum Gasteiger partial charge on any atom is -0.478 e. The standard InChI is InChI=1S/C17H23NO4/c1-17(2,3)22-16(21)18-14(11-12-15(19)20)10-9-13-7-5-4-6-8-13/h4-8,11-12,14H,9-10H2,1-3H3,(H,18,21)(H,19,20)/b12-11+. The highest BCUT2D eigenvalue weighted by atomic mass is 16.6. The van der Waals surface area contributed by atoms with Crippen molar-refractivity contribution in [1.29, 1.82) is 0 Å². The summed E-state index contributed by atoms with van der Waals surface area (Å²) in [6.45, 7) is 5.33. The summed E-state index contributed by atoms with van der Waals surface area (Å²) < 4.78 is 5.20. The predicted molar refractivity (Wildman–Crippen MR) is 84.7 cm³/mol. The zero-order chi connectivity index (χ0) is 16.6. The summed E-state index contributed by atoms with van der Waals surface area (Å²) in [5, 5.41) is 11.4. The summed E-state index contributed by atoms with van der Waals surface area (Å²) >= 11 is 0. The number of aryl methyl sites for hydroxylation is 1. The lowest BCUT2D eigenvalue weighted by molar-refractivity contribution is -0.131. The van der Waals surface area contributed by atoms with Gasteiger partial charge in [0.2, 0.25) is 0 Å². The molecule has 1 amide bonds. The Kier molecular flexibility index (Phi) is 6.63. The molecule has 1 unspecified atom stereocenters. The number of amides is 1. The van der Waals surface area contributed by atoms with Gasteiger partial charge in [-0.2, -0.15) is 0 Å². The van der Waals surface area contributed by atoms with E-state index in [9.17, 15) is 9.59 Å². The number of rotatable bonds is 6. The highest BCUT2D eigenvalue weighted by molar-refractivity contribution is 5.80. The summed E-state index contributed by atoms with van der Waals surface area (Å²) in [6.07, 6.45) is 3.26. The molecule has 0 aromatic heterocycles. The van der Waals surface area contributed by atoms with Gasteiger partial charge >= 0.3 is 12.1 Å². The second-order valence-electron chi connectivity index (χ2n) is 5.97. The quantitative estimate of drug-likeness (QED) is 0.792. The van der Waals surface area contributed by atoms with E-state index in [1.54, 1.807) is 20.8 Å². The van der Waals surface area contributed by atoms with Crippen LogP contribution in [0.25, 0.3) is 0 Å². The molecule has 1 rings (SSSR count). The van der Waals surface area contributed by atoms with Crippen LogP contribution < -0.4 is 5.32 Å². The van der Waals surface area contributed by atoms with Crippen molar-refractivity contribution in [3.8, 4) is 0 Å². The molecule has 22 heavy (non-hydrogen) atoms. The zero-order valence-corrected chi connectivity index (χ0v) is 13.2. The van der Waals surface area contributed by atoms with Gasteiger partial charge in [-0.05, 0) is 39.2 Å². The average molecular weight is 305 g/mol. The maximum absolute atomic E-state index is 11.8. The maximum Gasteiger partial charge on any atom is 0.408 e. The molecule has 0 aliphatic heterocycles. The average Bonchev–Trinajstić information content (AvgIpc) is 2.41. The molecule has 0 heterocycles. The lowest BCUT2D eigenvalue weighted by Gasteiger charge is -2.22. The largest absolute Gasteiger partial charge is 0.478 e. The first kappa shape index (κ1) is 17.8. The van der Waals surface area contributed by atoms with Crippen LogP contribution in [-0.2, 0) is 16.0 Å². The van der Waals surface area contributed by atoms with Gasteiger partial charge in [0.1, 0.15) is 5.60 Å². The normalized spacial score (nSPS) is 12.9. The van der Waals surface area contributed by atoms with Gasteiger partial charge in [-0.25, -0.2) is 9.59 Å². The molecule has 1 atom stereocenters. The van der Waals surface area contributed by atoms with Crippen molar-refractivity contribution in [2.24, 2.45) is 0 Å². The third-order valence-electron chi connectivity index (χ3n) is 2.76. The van der Waals surface area contributed by atoms with E-state index in [4.69, 9.17) is 9.84 Å². The third-order valence-corrected chi connectivity index (χ3v) is 2.76. The molecule has 120 valence electrons. The Hall–Kier alpha value is -2.30. The molecule has 0 aliphatic rings. The van der Waals surface area contributed by atoms with Gasteiger partial charge in [-0.3, -0.25) is 0 Å². The van der Waals surface area contributed by atoms with Gasteiger partial charge in [0.25, 0.3) is 0 Å². The smallest absolute Gasteiger partial charge is 0.408 e. The van der Waals surface area contributed by atoms with E-state index in [2.05, 4.69) is 5.32 Å². The van der Waals surface area contributed by atoms with Crippen LogP contribution in [0.2, 0.25) is 0 Å². The first-order valence-electron chi connectivity index (χ1n) is 7.21. The lowest BCUT2D eigenvalue weighted by Crippen LogP contribution is -2.38. The Balaban J connectivity index is 2.63. The summed E-state index contributed by atoms with van der Waals surface area (Å²) in [6, 6.07) is 9.41. The monoisotopic (exact) mass is 305 g/mol. The molecule has 5 nitrogen and oxygen atoms in total. The molecule has 1 aromatic carbocycles. The summed E-state index contributed by atoms with van der Waals surface area (Å²) in [5.74, 6) is -1.05. The van der Waals surface area contributed by atoms with Crippen LogP contribution >= 0.6 is 0 Å². The molecule has 0 spiro atoms. The predicted octanol–water partition coefficient (Wildman–Crippen LogP) is 3.15. The maximum atomic E-state index is 11.8. The second-order valence-corrected chi connectivity index (χ2v) is 5.97. The molecule has 0 saturated carbocycles. The van der Waals surface area contributed by atoms with E-state index < -0.39 is 23.7 Å². The molecule has 1 aromatic rings.